The van der Waals surface area contributed by atoms with E-state index in [-0.39, 0.29) is 12.1 Å². The molecule has 3 aromatic carbocycles. The van der Waals surface area contributed by atoms with Gasteiger partial charge >= 0.3 is 6.03 Å². The van der Waals surface area contributed by atoms with E-state index in [1.165, 1.54) is 18.2 Å². The molecule has 3 rings (SSSR count). The number of aliphatic hydroxyl groups is 1. The molecule has 6 nitrogen and oxygen atoms in total. The van der Waals surface area contributed by atoms with E-state index in [0.717, 1.165) is 0 Å². The lowest BCUT2D eigenvalue weighted by molar-refractivity contribution is 0.170. The van der Waals surface area contributed by atoms with E-state index in [4.69, 9.17) is 10.00 Å². The number of hydrogen-bond acceptors (Lipinski definition) is 4. The Morgan fingerprint density at radius 2 is 1.76 bits per heavy atom. The minimum Gasteiger partial charge on any atom is -0.456 e. The third-order valence-corrected chi connectivity index (χ3v) is 4.07. The number of ether oxygens (including phenoxy) is 1. The molecule has 0 bridgehead atoms. The number of benzene rings is 3. The summed E-state index contributed by atoms with van der Waals surface area (Å²) in [6.07, 6.45) is -1.15. The predicted molar refractivity (Wildman–Crippen MR) is 106 cm³/mol. The summed E-state index contributed by atoms with van der Waals surface area (Å²) in [5.74, 6) is 0.417. The number of aliphatic hydroxyl groups excluding tert-OH is 1. The van der Waals surface area contributed by atoms with Crippen LogP contribution >= 0.6 is 0 Å². The molecule has 29 heavy (non-hydrogen) atoms. The molecule has 0 aliphatic rings. The quantitative estimate of drug-likeness (QED) is 0.582. The van der Waals surface area contributed by atoms with Crippen molar-refractivity contribution < 1.29 is 19.0 Å². The monoisotopic (exact) mass is 391 g/mol. The van der Waals surface area contributed by atoms with E-state index in [1.54, 1.807) is 54.6 Å². The molecule has 146 valence electrons. The first kappa shape index (κ1) is 19.9. The van der Waals surface area contributed by atoms with E-state index in [2.05, 4.69) is 16.7 Å². The molecule has 2 amide bonds. The average Bonchev–Trinajstić information content (AvgIpc) is 2.74. The number of carbonyl (C=O) groups is 1. The number of halogens is 1. The Bertz CT molecular complexity index is 1030. The number of hydrogen-bond donors (Lipinski definition) is 3. The van der Waals surface area contributed by atoms with Crippen molar-refractivity contribution in [3.05, 3.63) is 89.7 Å². The van der Waals surface area contributed by atoms with Gasteiger partial charge in [0.05, 0.1) is 11.7 Å². The Hall–Kier alpha value is -3.89. The van der Waals surface area contributed by atoms with Crippen LogP contribution in [0.3, 0.4) is 0 Å². The third-order valence-electron chi connectivity index (χ3n) is 4.07. The van der Waals surface area contributed by atoms with Crippen LogP contribution in [-0.4, -0.2) is 17.7 Å². The van der Waals surface area contributed by atoms with Crippen LogP contribution < -0.4 is 15.4 Å². The van der Waals surface area contributed by atoms with Gasteiger partial charge in [0.25, 0.3) is 0 Å². The molecule has 1 unspecified atom stereocenters. The topological polar surface area (TPSA) is 94.4 Å². The molecule has 3 N–H and O–H groups in total. The van der Waals surface area contributed by atoms with E-state index in [1.807, 2.05) is 0 Å². The Morgan fingerprint density at radius 1 is 1.07 bits per heavy atom. The van der Waals surface area contributed by atoms with Crippen molar-refractivity contribution >= 4 is 11.7 Å². The molecule has 0 saturated carbocycles. The maximum absolute atomic E-state index is 13.6. The van der Waals surface area contributed by atoms with Crippen molar-refractivity contribution in [2.24, 2.45) is 0 Å². The fourth-order valence-corrected chi connectivity index (χ4v) is 2.60. The Morgan fingerprint density at radius 3 is 2.48 bits per heavy atom. The van der Waals surface area contributed by atoms with Crippen molar-refractivity contribution in [2.45, 2.75) is 6.10 Å². The standard InChI is InChI=1S/C22H18FN3O3/c23-19-7-3-2-6-18(19)20(27)14-25-22(28)26-16-9-11-17(12-10-16)29-21-8-4-1-5-15(21)13-24/h1-12,20,27H,14H2,(H2,25,26,28). The smallest absolute Gasteiger partial charge is 0.319 e. The van der Waals surface area contributed by atoms with Crippen LogP contribution in [0.15, 0.2) is 72.8 Å². The van der Waals surface area contributed by atoms with Gasteiger partial charge in [-0.2, -0.15) is 5.26 Å². The zero-order chi connectivity index (χ0) is 20.6. The molecular weight excluding hydrogens is 373 g/mol. The maximum atomic E-state index is 13.6. The van der Waals surface area contributed by atoms with Crippen LogP contribution in [0.25, 0.3) is 0 Å². The van der Waals surface area contributed by atoms with Crippen LogP contribution in [0.1, 0.15) is 17.2 Å². The normalized spacial score (nSPS) is 11.2. The lowest BCUT2D eigenvalue weighted by atomic mass is 10.1. The van der Waals surface area contributed by atoms with E-state index < -0.39 is 18.0 Å². The summed E-state index contributed by atoms with van der Waals surface area (Å²) in [4.78, 5) is 12.0. The zero-order valence-corrected chi connectivity index (χ0v) is 15.3. The predicted octanol–water partition coefficient (Wildman–Crippen LogP) is 4.34. The fourth-order valence-electron chi connectivity index (χ4n) is 2.60. The molecule has 0 fully saturated rings. The number of para-hydroxylation sites is 1. The van der Waals surface area contributed by atoms with Gasteiger partial charge in [0.15, 0.2) is 0 Å². The molecule has 3 aromatic rings. The number of rotatable bonds is 6. The summed E-state index contributed by atoms with van der Waals surface area (Å²) >= 11 is 0. The molecule has 0 heterocycles. The Kier molecular flexibility index (Phi) is 6.40. The average molecular weight is 391 g/mol. The highest BCUT2D eigenvalue weighted by Gasteiger charge is 2.13. The summed E-state index contributed by atoms with van der Waals surface area (Å²) in [6, 6.07) is 20.8. The van der Waals surface area contributed by atoms with Crippen LogP contribution in [0, 0.1) is 17.1 Å². The molecule has 1 atom stereocenters. The van der Waals surface area contributed by atoms with E-state index in [0.29, 0.717) is 22.7 Å². The number of anilines is 1. The minimum atomic E-state index is -1.15. The molecule has 0 aliphatic heterocycles. The summed E-state index contributed by atoms with van der Waals surface area (Å²) in [5, 5.41) is 24.2. The summed E-state index contributed by atoms with van der Waals surface area (Å²) < 4.78 is 19.3. The molecule has 0 aromatic heterocycles. The number of nitrogens with one attached hydrogen (secondary N) is 2. The Labute approximate surface area is 167 Å². The van der Waals surface area contributed by atoms with Crippen molar-refractivity contribution in [1.29, 1.82) is 5.26 Å². The van der Waals surface area contributed by atoms with Crippen molar-refractivity contribution in [3.8, 4) is 17.6 Å². The highest BCUT2D eigenvalue weighted by atomic mass is 19.1. The summed E-state index contributed by atoms with van der Waals surface area (Å²) in [5.41, 5.74) is 1.04. The van der Waals surface area contributed by atoms with Gasteiger partial charge in [0.2, 0.25) is 0 Å². The van der Waals surface area contributed by atoms with Gasteiger partial charge in [-0.3, -0.25) is 0 Å². The lowest BCUT2D eigenvalue weighted by Gasteiger charge is -2.14. The summed E-state index contributed by atoms with van der Waals surface area (Å²) in [6.45, 7) is -0.140. The van der Waals surface area contributed by atoms with Crippen LogP contribution in [0.5, 0.6) is 11.5 Å². The molecule has 7 heteroatoms. The maximum Gasteiger partial charge on any atom is 0.319 e. The van der Waals surface area contributed by atoms with Crippen LogP contribution in [0.2, 0.25) is 0 Å². The van der Waals surface area contributed by atoms with Gasteiger partial charge in [-0.1, -0.05) is 30.3 Å². The summed E-state index contributed by atoms with van der Waals surface area (Å²) in [7, 11) is 0. The molecule has 0 spiro atoms. The van der Waals surface area contributed by atoms with Crippen LogP contribution in [0.4, 0.5) is 14.9 Å². The van der Waals surface area contributed by atoms with E-state index in [9.17, 15) is 14.3 Å². The van der Waals surface area contributed by atoms with Crippen molar-refractivity contribution in [2.75, 3.05) is 11.9 Å². The number of nitriles is 1. The van der Waals surface area contributed by atoms with Gasteiger partial charge in [-0.25, -0.2) is 9.18 Å². The van der Waals surface area contributed by atoms with Gasteiger partial charge < -0.3 is 20.5 Å². The molecule has 0 saturated heterocycles. The first-order valence-corrected chi connectivity index (χ1v) is 8.81. The fraction of sp³-hybridized carbons (Fsp3) is 0.0909. The van der Waals surface area contributed by atoms with Gasteiger partial charge in [-0.05, 0) is 42.5 Å². The minimum absolute atomic E-state index is 0.118. The van der Waals surface area contributed by atoms with Gasteiger partial charge in [0, 0.05) is 17.8 Å². The largest absolute Gasteiger partial charge is 0.456 e. The molecular formula is C22H18FN3O3. The highest BCUT2D eigenvalue weighted by Crippen LogP contribution is 2.25. The van der Waals surface area contributed by atoms with Gasteiger partial charge in [0.1, 0.15) is 23.4 Å². The van der Waals surface area contributed by atoms with Crippen molar-refractivity contribution in [1.82, 2.24) is 5.32 Å². The second-order valence-electron chi connectivity index (χ2n) is 6.11. The van der Waals surface area contributed by atoms with Gasteiger partial charge in [-0.15, -0.1) is 0 Å². The lowest BCUT2D eigenvalue weighted by Crippen LogP contribution is -2.32. The number of nitrogens with zero attached hydrogens (tertiary/aromatic N) is 1. The zero-order valence-electron chi connectivity index (χ0n) is 15.3. The second-order valence-corrected chi connectivity index (χ2v) is 6.11. The number of carbonyl (C=O) groups excluding carboxylic acids is 1. The van der Waals surface area contributed by atoms with E-state index >= 15 is 0 Å². The first-order valence-electron chi connectivity index (χ1n) is 8.81. The molecule has 0 aliphatic carbocycles. The first-order chi connectivity index (χ1) is 14.1. The number of urea groups is 1. The molecule has 0 radical (unpaired) electrons. The second kappa shape index (κ2) is 9.35. The van der Waals surface area contributed by atoms with Crippen molar-refractivity contribution in [3.63, 3.8) is 0 Å². The highest BCUT2D eigenvalue weighted by molar-refractivity contribution is 5.89. The third kappa shape index (κ3) is 5.31. The van der Waals surface area contributed by atoms with Crippen LogP contribution in [-0.2, 0) is 0 Å². The SMILES string of the molecule is N#Cc1ccccc1Oc1ccc(NC(=O)NCC(O)c2ccccc2F)cc1. The Balaban J connectivity index is 1.53. The number of amides is 2.